The maximum Gasteiger partial charge on any atom is 0.219 e. The molecule has 0 aliphatic carbocycles. The molecule has 21 heavy (non-hydrogen) atoms. The van der Waals surface area contributed by atoms with Crippen molar-refractivity contribution in [3.63, 3.8) is 0 Å². The molecule has 3 heteroatoms. The quantitative estimate of drug-likeness (QED) is 0.823. The SMILES string of the molecule is CCCCc1ccc(-c2ccccc2CNC(=O)CC)o1. The van der Waals surface area contributed by atoms with Crippen LogP contribution < -0.4 is 5.32 Å². The number of rotatable bonds is 7. The number of hydrogen-bond acceptors (Lipinski definition) is 2. The molecule has 0 fully saturated rings. The highest BCUT2D eigenvalue weighted by atomic mass is 16.3. The lowest BCUT2D eigenvalue weighted by Crippen LogP contribution is -2.21. The summed E-state index contributed by atoms with van der Waals surface area (Å²) in [6, 6.07) is 12.1. The molecule has 0 saturated heterocycles. The van der Waals surface area contributed by atoms with Gasteiger partial charge in [-0.1, -0.05) is 44.5 Å². The Morgan fingerprint density at radius 1 is 1.14 bits per heavy atom. The Morgan fingerprint density at radius 2 is 1.95 bits per heavy atom. The summed E-state index contributed by atoms with van der Waals surface area (Å²) in [6.07, 6.45) is 3.78. The number of unbranched alkanes of at least 4 members (excludes halogenated alkanes) is 1. The monoisotopic (exact) mass is 285 g/mol. The number of nitrogens with one attached hydrogen (secondary N) is 1. The molecule has 1 N–H and O–H groups in total. The van der Waals surface area contributed by atoms with Crippen LogP contribution in [0, 0.1) is 0 Å². The van der Waals surface area contributed by atoms with Crippen LogP contribution in [0.1, 0.15) is 44.4 Å². The van der Waals surface area contributed by atoms with E-state index >= 15 is 0 Å². The summed E-state index contributed by atoms with van der Waals surface area (Å²) < 4.78 is 5.93. The molecule has 0 spiro atoms. The van der Waals surface area contributed by atoms with E-state index in [9.17, 15) is 4.79 Å². The number of amides is 1. The molecule has 0 aliphatic rings. The number of aryl methyl sites for hydroxylation is 1. The molecule has 2 rings (SSSR count). The van der Waals surface area contributed by atoms with Crippen LogP contribution in [0.25, 0.3) is 11.3 Å². The topological polar surface area (TPSA) is 42.2 Å². The molecular weight excluding hydrogens is 262 g/mol. The Bertz CT molecular complexity index is 586. The predicted octanol–water partition coefficient (Wildman–Crippen LogP) is 4.32. The highest BCUT2D eigenvalue weighted by Crippen LogP contribution is 2.26. The minimum Gasteiger partial charge on any atom is -0.461 e. The van der Waals surface area contributed by atoms with Crippen LogP contribution in [-0.2, 0) is 17.8 Å². The first-order valence-electron chi connectivity index (χ1n) is 7.68. The molecule has 3 nitrogen and oxygen atoms in total. The lowest BCUT2D eigenvalue weighted by Gasteiger charge is -2.08. The molecule has 0 aliphatic heterocycles. The van der Waals surface area contributed by atoms with Crippen molar-refractivity contribution in [1.29, 1.82) is 0 Å². The van der Waals surface area contributed by atoms with Crippen molar-refractivity contribution in [2.45, 2.75) is 46.1 Å². The van der Waals surface area contributed by atoms with Crippen molar-refractivity contribution in [3.05, 3.63) is 47.7 Å². The maximum atomic E-state index is 11.4. The van der Waals surface area contributed by atoms with E-state index < -0.39 is 0 Å². The number of hydrogen-bond donors (Lipinski definition) is 1. The predicted molar refractivity (Wildman–Crippen MR) is 84.9 cm³/mol. The van der Waals surface area contributed by atoms with Crippen molar-refractivity contribution < 1.29 is 9.21 Å². The molecule has 0 radical (unpaired) electrons. The Balaban J connectivity index is 2.15. The lowest BCUT2D eigenvalue weighted by molar-refractivity contribution is -0.120. The van der Waals surface area contributed by atoms with E-state index in [-0.39, 0.29) is 5.91 Å². The third-order valence-corrected chi connectivity index (χ3v) is 3.52. The number of carbonyl (C=O) groups excluding carboxylic acids is 1. The molecule has 1 aromatic heterocycles. The van der Waals surface area contributed by atoms with Gasteiger partial charge >= 0.3 is 0 Å². The van der Waals surface area contributed by atoms with Crippen molar-refractivity contribution in [3.8, 4) is 11.3 Å². The zero-order valence-electron chi connectivity index (χ0n) is 12.8. The fourth-order valence-corrected chi connectivity index (χ4v) is 2.24. The summed E-state index contributed by atoms with van der Waals surface area (Å²) in [7, 11) is 0. The second-order valence-corrected chi connectivity index (χ2v) is 5.16. The van der Waals surface area contributed by atoms with Crippen LogP contribution in [0.3, 0.4) is 0 Å². The first-order valence-corrected chi connectivity index (χ1v) is 7.68. The highest BCUT2D eigenvalue weighted by molar-refractivity contribution is 5.76. The van der Waals surface area contributed by atoms with Gasteiger partial charge in [0, 0.05) is 24.9 Å². The summed E-state index contributed by atoms with van der Waals surface area (Å²) in [5.41, 5.74) is 2.13. The first-order chi connectivity index (χ1) is 10.2. The van der Waals surface area contributed by atoms with Crippen molar-refractivity contribution >= 4 is 5.91 Å². The zero-order chi connectivity index (χ0) is 15.1. The molecule has 0 bridgehead atoms. The van der Waals surface area contributed by atoms with Gasteiger partial charge in [0.1, 0.15) is 11.5 Å². The van der Waals surface area contributed by atoms with Gasteiger partial charge in [-0.15, -0.1) is 0 Å². The van der Waals surface area contributed by atoms with Crippen molar-refractivity contribution in [2.24, 2.45) is 0 Å². The van der Waals surface area contributed by atoms with Crippen LogP contribution in [0.2, 0.25) is 0 Å². The molecule has 2 aromatic rings. The van der Waals surface area contributed by atoms with E-state index in [0.717, 1.165) is 41.9 Å². The third kappa shape index (κ3) is 4.22. The lowest BCUT2D eigenvalue weighted by atomic mass is 10.1. The largest absolute Gasteiger partial charge is 0.461 e. The minimum absolute atomic E-state index is 0.0629. The summed E-state index contributed by atoms with van der Waals surface area (Å²) in [6.45, 7) is 4.57. The van der Waals surface area contributed by atoms with Crippen LogP contribution in [0.5, 0.6) is 0 Å². The summed E-state index contributed by atoms with van der Waals surface area (Å²) >= 11 is 0. The third-order valence-electron chi connectivity index (χ3n) is 3.52. The van der Waals surface area contributed by atoms with Crippen molar-refractivity contribution in [1.82, 2.24) is 5.32 Å². The van der Waals surface area contributed by atoms with Gasteiger partial charge in [-0.3, -0.25) is 4.79 Å². The number of furan rings is 1. The average Bonchev–Trinajstić information content (AvgIpc) is 2.99. The number of carbonyl (C=O) groups is 1. The first kappa shape index (κ1) is 15.4. The summed E-state index contributed by atoms with van der Waals surface area (Å²) in [5.74, 6) is 1.97. The molecule has 0 saturated carbocycles. The Kier molecular flexibility index (Phi) is 5.61. The standard InChI is InChI=1S/C18H23NO2/c1-3-5-9-15-11-12-17(21-15)16-10-7-6-8-14(16)13-19-18(20)4-2/h6-8,10-12H,3-5,9,13H2,1-2H3,(H,19,20). The van der Waals surface area contributed by atoms with Crippen molar-refractivity contribution in [2.75, 3.05) is 0 Å². The van der Waals surface area contributed by atoms with E-state index in [2.05, 4.69) is 12.2 Å². The normalized spacial score (nSPS) is 10.6. The van der Waals surface area contributed by atoms with Gasteiger partial charge in [0.05, 0.1) is 0 Å². The van der Waals surface area contributed by atoms with E-state index in [0.29, 0.717) is 13.0 Å². The highest BCUT2D eigenvalue weighted by Gasteiger charge is 2.09. The molecule has 1 amide bonds. The zero-order valence-corrected chi connectivity index (χ0v) is 12.8. The summed E-state index contributed by atoms with van der Waals surface area (Å²) in [4.78, 5) is 11.4. The molecule has 0 unspecified atom stereocenters. The Labute approximate surface area is 126 Å². The summed E-state index contributed by atoms with van der Waals surface area (Å²) in [5, 5.41) is 2.92. The van der Waals surface area contributed by atoms with Gasteiger partial charge in [-0.05, 0) is 24.1 Å². The second-order valence-electron chi connectivity index (χ2n) is 5.16. The fraction of sp³-hybridized carbons (Fsp3) is 0.389. The van der Waals surface area contributed by atoms with Gasteiger partial charge in [0.2, 0.25) is 5.91 Å². The van der Waals surface area contributed by atoms with Crippen LogP contribution in [0.15, 0.2) is 40.8 Å². The molecular formula is C18H23NO2. The van der Waals surface area contributed by atoms with Crippen LogP contribution >= 0.6 is 0 Å². The van der Waals surface area contributed by atoms with E-state index in [1.165, 1.54) is 0 Å². The smallest absolute Gasteiger partial charge is 0.219 e. The fourth-order valence-electron chi connectivity index (χ4n) is 2.24. The second kappa shape index (κ2) is 7.67. The van der Waals surface area contributed by atoms with E-state index in [4.69, 9.17) is 4.42 Å². The van der Waals surface area contributed by atoms with Gasteiger partial charge in [-0.2, -0.15) is 0 Å². The molecule has 1 aromatic carbocycles. The Hall–Kier alpha value is -2.03. The average molecular weight is 285 g/mol. The Morgan fingerprint density at radius 3 is 2.71 bits per heavy atom. The van der Waals surface area contributed by atoms with Gasteiger partial charge < -0.3 is 9.73 Å². The molecule has 1 heterocycles. The van der Waals surface area contributed by atoms with Crippen LogP contribution in [0.4, 0.5) is 0 Å². The van der Waals surface area contributed by atoms with Gasteiger partial charge in [-0.25, -0.2) is 0 Å². The van der Waals surface area contributed by atoms with E-state index in [1.54, 1.807) is 0 Å². The van der Waals surface area contributed by atoms with E-state index in [1.807, 2.05) is 43.3 Å². The van der Waals surface area contributed by atoms with Crippen LogP contribution in [-0.4, -0.2) is 5.91 Å². The van der Waals surface area contributed by atoms with Gasteiger partial charge in [0.25, 0.3) is 0 Å². The maximum absolute atomic E-state index is 11.4. The minimum atomic E-state index is 0.0629. The molecule has 0 atom stereocenters. The number of benzene rings is 1. The molecule has 112 valence electrons. The van der Waals surface area contributed by atoms with Gasteiger partial charge in [0.15, 0.2) is 0 Å².